The van der Waals surface area contributed by atoms with Gasteiger partial charge in [-0.2, -0.15) is 0 Å². The maximum atomic E-state index is 9.52. The smallest absolute Gasteiger partial charge is 0.217 e. The number of furan rings is 1. The second-order valence-corrected chi connectivity index (χ2v) is 4.61. The number of halogens is 1. The van der Waals surface area contributed by atoms with E-state index in [2.05, 4.69) is 26.0 Å². The standard InChI is InChI=1S/C10H10BrN3O2/c11-8-3-2-7(16-8)10-12-9-4-1-6(15)5-14(9)13-10/h2-3,6,15H,1,4-5H2. The molecular weight excluding hydrogens is 274 g/mol. The topological polar surface area (TPSA) is 64.1 Å². The van der Waals surface area contributed by atoms with E-state index in [-0.39, 0.29) is 6.10 Å². The average Bonchev–Trinajstić information content (AvgIpc) is 2.83. The van der Waals surface area contributed by atoms with Gasteiger partial charge in [-0.25, -0.2) is 9.67 Å². The van der Waals surface area contributed by atoms with Crippen LogP contribution in [0.3, 0.4) is 0 Å². The number of hydrogen-bond acceptors (Lipinski definition) is 4. The first-order chi connectivity index (χ1) is 7.72. The molecule has 16 heavy (non-hydrogen) atoms. The van der Waals surface area contributed by atoms with Gasteiger partial charge in [0.25, 0.3) is 0 Å². The van der Waals surface area contributed by atoms with E-state index in [4.69, 9.17) is 4.42 Å². The van der Waals surface area contributed by atoms with Crippen LogP contribution in [0.25, 0.3) is 11.6 Å². The summed E-state index contributed by atoms with van der Waals surface area (Å²) in [7, 11) is 0. The highest BCUT2D eigenvalue weighted by molar-refractivity contribution is 9.10. The summed E-state index contributed by atoms with van der Waals surface area (Å²) in [5, 5.41) is 13.8. The zero-order chi connectivity index (χ0) is 11.1. The van der Waals surface area contributed by atoms with Gasteiger partial charge in [0.1, 0.15) is 5.82 Å². The second-order valence-electron chi connectivity index (χ2n) is 3.83. The molecule has 84 valence electrons. The normalized spacial score (nSPS) is 19.8. The largest absolute Gasteiger partial charge is 0.446 e. The highest BCUT2D eigenvalue weighted by atomic mass is 79.9. The van der Waals surface area contributed by atoms with Crippen molar-refractivity contribution in [3.8, 4) is 11.6 Å². The molecule has 0 saturated carbocycles. The predicted molar refractivity (Wildman–Crippen MR) is 59.8 cm³/mol. The summed E-state index contributed by atoms with van der Waals surface area (Å²) in [6.45, 7) is 0.518. The number of aromatic nitrogens is 3. The van der Waals surface area contributed by atoms with Crippen LogP contribution in [0.5, 0.6) is 0 Å². The summed E-state index contributed by atoms with van der Waals surface area (Å²) in [6.07, 6.45) is 1.20. The third-order valence-electron chi connectivity index (χ3n) is 2.63. The SMILES string of the molecule is OC1CCc2nc(-c3ccc(Br)o3)nn2C1. The molecule has 5 nitrogen and oxygen atoms in total. The number of aliphatic hydroxyl groups is 1. The van der Waals surface area contributed by atoms with Crippen molar-refractivity contribution in [2.24, 2.45) is 0 Å². The Kier molecular flexibility index (Phi) is 2.33. The lowest BCUT2D eigenvalue weighted by Gasteiger charge is -2.16. The zero-order valence-electron chi connectivity index (χ0n) is 8.43. The monoisotopic (exact) mass is 283 g/mol. The fourth-order valence-corrected chi connectivity index (χ4v) is 2.14. The molecule has 0 saturated heterocycles. The van der Waals surface area contributed by atoms with Crippen LogP contribution in [-0.4, -0.2) is 26.0 Å². The Bertz CT molecular complexity index is 520. The Labute approximate surface area is 100 Å². The minimum absolute atomic E-state index is 0.314. The molecular formula is C10H10BrN3O2. The molecule has 6 heteroatoms. The van der Waals surface area contributed by atoms with E-state index in [0.29, 0.717) is 22.8 Å². The molecule has 0 bridgehead atoms. The van der Waals surface area contributed by atoms with Crippen LogP contribution in [0.4, 0.5) is 0 Å². The molecule has 0 amide bonds. The number of fused-ring (bicyclic) bond motifs is 1. The molecule has 2 aromatic heterocycles. The van der Waals surface area contributed by atoms with Crippen LogP contribution >= 0.6 is 15.9 Å². The van der Waals surface area contributed by atoms with E-state index in [0.717, 1.165) is 18.7 Å². The minimum Gasteiger partial charge on any atom is -0.446 e. The van der Waals surface area contributed by atoms with Gasteiger partial charge in [-0.3, -0.25) is 0 Å². The Morgan fingerprint density at radius 2 is 2.38 bits per heavy atom. The van der Waals surface area contributed by atoms with E-state index in [1.165, 1.54) is 0 Å². The Morgan fingerprint density at radius 3 is 3.12 bits per heavy atom. The summed E-state index contributed by atoms with van der Waals surface area (Å²) in [5.41, 5.74) is 0. The maximum Gasteiger partial charge on any atom is 0.217 e. The lowest BCUT2D eigenvalue weighted by Crippen LogP contribution is -2.25. The van der Waals surface area contributed by atoms with Crippen molar-refractivity contribution in [3.05, 3.63) is 22.6 Å². The molecule has 2 aromatic rings. The minimum atomic E-state index is -0.314. The van der Waals surface area contributed by atoms with Crippen molar-refractivity contribution in [2.45, 2.75) is 25.5 Å². The average molecular weight is 284 g/mol. The summed E-state index contributed by atoms with van der Waals surface area (Å²) >= 11 is 3.24. The number of hydrogen-bond donors (Lipinski definition) is 1. The van der Waals surface area contributed by atoms with E-state index in [1.807, 2.05) is 12.1 Å². The Hall–Kier alpha value is -1.14. The summed E-state index contributed by atoms with van der Waals surface area (Å²) in [6, 6.07) is 3.63. The van der Waals surface area contributed by atoms with Crippen molar-refractivity contribution in [2.75, 3.05) is 0 Å². The first-order valence-electron chi connectivity index (χ1n) is 5.10. The first-order valence-corrected chi connectivity index (χ1v) is 5.89. The lowest BCUT2D eigenvalue weighted by atomic mass is 10.1. The van der Waals surface area contributed by atoms with Gasteiger partial charge in [0.2, 0.25) is 5.82 Å². The van der Waals surface area contributed by atoms with E-state index >= 15 is 0 Å². The zero-order valence-corrected chi connectivity index (χ0v) is 10.0. The van der Waals surface area contributed by atoms with Crippen molar-refractivity contribution < 1.29 is 9.52 Å². The first kappa shape index (κ1) is 10.0. The number of aliphatic hydroxyl groups excluding tert-OH is 1. The highest BCUT2D eigenvalue weighted by Crippen LogP contribution is 2.24. The van der Waals surface area contributed by atoms with Gasteiger partial charge < -0.3 is 9.52 Å². The fourth-order valence-electron chi connectivity index (χ4n) is 1.83. The Morgan fingerprint density at radius 1 is 1.50 bits per heavy atom. The van der Waals surface area contributed by atoms with Crippen molar-refractivity contribution >= 4 is 15.9 Å². The molecule has 1 unspecified atom stereocenters. The van der Waals surface area contributed by atoms with Gasteiger partial charge in [-0.05, 0) is 34.5 Å². The van der Waals surface area contributed by atoms with Gasteiger partial charge in [-0.1, -0.05) is 0 Å². The fraction of sp³-hybridized carbons (Fsp3) is 0.400. The number of nitrogens with zero attached hydrogens (tertiary/aromatic N) is 3. The maximum absolute atomic E-state index is 9.52. The molecule has 1 aliphatic heterocycles. The summed E-state index contributed by atoms with van der Waals surface area (Å²) < 4.78 is 7.80. The molecule has 0 aliphatic carbocycles. The number of aryl methyl sites for hydroxylation is 1. The quantitative estimate of drug-likeness (QED) is 0.864. The van der Waals surface area contributed by atoms with Crippen molar-refractivity contribution in [1.29, 1.82) is 0 Å². The van der Waals surface area contributed by atoms with E-state index in [1.54, 1.807) is 4.68 Å². The lowest BCUT2D eigenvalue weighted by molar-refractivity contribution is 0.124. The third-order valence-corrected chi connectivity index (χ3v) is 3.05. The van der Waals surface area contributed by atoms with E-state index in [9.17, 15) is 5.11 Å². The van der Waals surface area contributed by atoms with E-state index < -0.39 is 0 Å². The highest BCUT2D eigenvalue weighted by Gasteiger charge is 2.21. The van der Waals surface area contributed by atoms with Gasteiger partial charge >= 0.3 is 0 Å². The molecule has 3 heterocycles. The second kappa shape index (κ2) is 3.71. The molecule has 1 atom stereocenters. The van der Waals surface area contributed by atoms with Gasteiger partial charge in [0.05, 0.1) is 12.6 Å². The molecule has 0 spiro atoms. The van der Waals surface area contributed by atoms with Crippen LogP contribution in [0.2, 0.25) is 0 Å². The molecule has 0 fully saturated rings. The molecule has 1 aliphatic rings. The number of rotatable bonds is 1. The van der Waals surface area contributed by atoms with Gasteiger partial charge in [0, 0.05) is 6.42 Å². The van der Waals surface area contributed by atoms with Crippen LogP contribution in [-0.2, 0) is 13.0 Å². The predicted octanol–water partition coefficient (Wildman–Crippen LogP) is 1.61. The molecule has 0 aromatic carbocycles. The molecule has 0 radical (unpaired) electrons. The van der Waals surface area contributed by atoms with Crippen LogP contribution in [0.1, 0.15) is 12.2 Å². The van der Waals surface area contributed by atoms with Crippen LogP contribution in [0.15, 0.2) is 21.2 Å². The van der Waals surface area contributed by atoms with Crippen LogP contribution in [0, 0.1) is 0 Å². The molecule has 3 rings (SSSR count). The Balaban J connectivity index is 1.98. The van der Waals surface area contributed by atoms with Gasteiger partial charge in [0.15, 0.2) is 10.4 Å². The summed E-state index contributed by atoms with van der Waals surface area (Å²) in [4.78, 5) is 4.39. The van der Waals surface area contributed by atoms with Crippen LogP contribution < -0.4 is 0 Å². The van der Waals surface area contributed by atoms with Gasteiger partial charge in [-0.15, -0.1) is 5.10 Å². The summed E-state index contributed by atoms with van der Waals surface area (Å²) in [5.74, 6) is 2.13. The molecule has 1 N–H and O–H groups in total. The van der Waals surface area contributed by atoms with Crippen molar-refractivity contribution in [3.63, 3.8) is 0 Å². The third kappa shape index (κ3) is 1.68. The van der Waals surface area contributed by atoms with Crippen molar-refractivity contribution in [1.82, 2.24) is 14.8 Å².